The summed E-state index contributed by atoms with van der Waals surface area (Å²) >= 11 is 0. The van der Waals surface area contributed by atoms with Gasteiger partial charge >= 0.3 is 0 Å². The molecule has 130 valence electrons. The first-order valence-electron chi connectivity index (χ1n) is 9.10. The molecule has 1 spiro atoms. The number of likely N-dealkylation sites (tertiary alicyclic amines) is 2. The van der Waals surface area contributed by atoms with Gasteiger partial charge in [-0.15, -0.1) is 0 Å². The number of hydrogen-bond acceptors (Lipinski definition) is 5. The second-order valence-electron chi connectivity index (χ2n) is 7.60. The van der Waals surface area contributed by atoms with Crippen LogP contribution in [-0.2, 0) is 4.74 Å². The van der Waals surface area contributed by atoms with Gasteiger partial charge in [-0.05, 0) is 43.6 Å². The molecule has 3 fully saturated rings. The molecule has 0 saturated carbocycles. The molecule has 0 bridgehead atoms. The van der Waals surface area contributed by atoms with Crippen molar-refractivity contribution in [3.05, 3.63) is 24.3 Å². The molecule has 0 aromatic carbocycles. The third-order valence-electron chi connectivity index (χ3n) is 5.95. The van der Waals surface area contributed by atoms with Gasteiger partial charge in [0.15, 0.2) is 0 Å². The molecule has 4 rings (SSSR count). The van der Waals surface area contributed by atoms with Crippen molar-refractivity contribution in [3.63, 3.8) is 0 Å². The predicted octanol–water partition coefficient (Wildman–Crippen LogP) is 1.44. The number of carbonyl (C=O) groups excluding carboxylic acids is 1. The van der Waals surface area contributed by atoms with Gasteiger partial charge in [-0.3, -0.25) is 9.78 Å². The topological polar surface area (TPSA) is 58.6 Å². The molecule has 3 saturated heterocycles. The van der Waals surface area contributed by atoms with Crippen LogP contribution in [0.4, 0.5) is 0 Å². The zero-order chi connectivity index (χ0) is 16.4. The summed E-state index contributed by atoms with van der Waals surface area (Å²) in [7, 11) is 0. The smallest absolute Gasteiger partial charge is 0.274 e. The van der Waals surface area contributed by atoms with E-state index in [-0.39, 0.29) is 5.91 Å². The van der Waals surface area contributed by atoms with Gasteiger partial charge in [-0.2, -0.15) is 0 Å². The standard InChI is InChI=1S/C18H26N4O2/c23-17(16-11-19-5-6-20-16)22-8-3-18(4-9-22)2-7-21(14-18)12-15-1-10-24-13-15/h5-6,11,15H,1-4,7-10,12-14H2. The predicted molar refractivity (Wildman–Crippen MR) is 89.6 cm³/mol. The lowest BCUT2D eigenvalue weighted by atomic mass is 9.77. The van der Waals surface area contributed by atoms with Crippen LogP contribution < -0.4 is 0 Å². The van der Waals surface area contributed by atoms with Gasteiger partial charge < -0.3 is 14.5 Å². The second-order valence-corrected chi connectivity index (χ2v) is 7.60. The van der Waals surface area contributed by atoms with Crippen molar-refractivity contribution in [2.75, 3.05) is 45.9 Å². The largest absolute Gasteiger partial charge is 0.381 e. The molecule has 1 atom stereocenters. The van der Waals surface area contributed by atoms with Gasteiger partial charge in [0.25, 0.3) is 5.91 Å². The Bertz CT molecular complexity index is 566. The molecule has 0 N–H and O–H groups in total. The Hall–Kier alpha value is -1.53. The van der Waals surface area contributed by atoms with Crippen LogP contribution in [0.25, 0.3) is 0 Å². The maximum atomic E-state index is 12.5. The number of amides is 1. The fraction of sp³-hybridized carbons (Fsp3) is 0.722. The fourth-order valence-electron chi connectivity index (χ4n) is 4.44. The third-order valence-corrected chi connectivity index (χ3v) is 5.95. The third kappa shape index (κ3) is 3.30. The molecule has 1 amide bonds. The van der Waals surface area contributed by atoms with Crippen LogP contribution in [0.1, 0.15) is 36.2 Å². The fourth-order valence-corrected chi connectivity index (χ4v) is 4.44. The van der Waals surface area contributed by atoms with Gasteiger partial charge in [0.2, 0.25) is 0 Å². The van der Waals surface area contributed by atoms with Crippen LogP contribution in [0.5, 0.6) is 0 Å². The molecule has 1 aromatic rings. The molecule has 0 aliphatic carbocycles. The summed E-state index contributed by atoms with van der Waals surface area (Å²) in [6.07, 6.45) is 9.45. The summed E-state index contributed by atoms with van der Waals surface area (Å²) in [6.45, 7) is 7.13. The highest BCUT2D eigenvalue weighted by atomic mass is 16.5. The number of nitrogens with zero attached hydrogens (tertiary/aromatic N) is 4. The van der Waals surface area contributed by atoms with Gasteiger partial charge in [0.1, 0.15) is 5.69 Å². The van der Waals surface area contributed by atoms with E-state index in [1.165, 1.54) is 32.5 Å². The molecule has 4 heterocycles. The normalized spacial score (nSPS) is 27.0. The van der Waals surface area contributed by atoms with E-state index in [0.717, 1.165) is 45.1 Å². The lowest BCUT2D eigenvalue weighted by molar-refractivity contribution is 0.0579. The highest BCUT2D eigenvalue weighted by Gasteiger charge is 2.42. The maximum Gasteiger partial charge on any atom is 0.274 e. The van der Waals surface area contributed by atoms with Gasteiger partial charge in [-0.25, -0.2) is 4.98 Å². The first-order chi connectivity index (χ1) is 11.7. The highest BCUT2D eigenvalue weighted by molar-refractivity contribution is 5.92. The van der Waals surface area contributed by atoms with Gasteiger partial charge in [-0.1, -0.05) is 0 Å². The van der Waals surface area contributed by atoms with Crippen LogP contribution in [0.2, 0.25) is 0 Å². The van der Waals surface area contributed by atoms with Crippen LogP contribution in [-0.4, -0.2) is 71.6 Å². The Morgan fingerprint density at radius 3 is 2.79 bits per heavy atom. The monoisotopic (exact) mass is 330 g/mol. The number of aromatic nitrogens is 2. The van der Waals surface area contributed by atoms with Crippen molar-refractivity contribution in [3.8, 4) is 0 Å². The average Bonchev–Trinajstić information content (AvgIpc) is 3.27. The van der Waals surface area contributed by atoms with Crippen molar-refractivity contribution in [2.24, 2.45) is 11.3 Å². The molecule has 1 aromatic heterocycles. The molecule has 24 heavy (non-hydrogen) atoms. The van der Waals surface area contributed by atoms with E-state index in [2.05, 4.69) is 14.9 Å². The molecule has 3 aliphatic rings. The first-order valence-corrected chi connectivity index (χ1v) is 9.10. The minimum Gasteiger partial charge on any atom is -0.381 e. The van der Waals surface area contributed by atoms with Crippen LogP contribution >= 0.6 is 0 Å². The summed E-state index contributed by atoms with van der Waals surface area (Å²) in [5, 5.41) is 0. The quantitative estimate of drug-likeness (QED) is 0.839. The van der Waals surface area contributed by atoms with Gasteiger partial charge in [0, 0.05) is 45.2 Å². The van der Waals surface area contributed by atoms with Crippen molar-refractivity contribution in [1.29, 1.82) is 0 Å². The number of rotatable bonds is 3. The molecule has 0 radical (unpaired) electrons. The minimum atomic E-state index is 0.0240. The van der Waals surface area contributed by atoms with E-state index in [9.17, 15) is 4.79 Å². The summed E-state index contributed by atoms with van der Waals surface area (Å²) in [5.41, 5.74) is 0.876. The van der Waals surface area contributed by atoms with Crippen molar-refractivity contribution < 1.29 is 9.53 Å². The number of piperidine rings is 1. The number of ether oxygens (including phenoxy) is 1. The highest BCUT2D eigenvalue weighted by Crippen LogP contribution is 2.41. The van der Waals surface area contributed by atoms with E-state index in [0.29, 0.717) is 11.1 Å². The van der Waals surface area contributed by atoms with Crippen LogP contribution in [0.3, 0.4) is 0 Å². The van der Waals surface area contributed by atoms with Crippen molar-refractivity contribution in [1.82, 2.24) is 19.8 Å². The Morgan fingerprint density at radius 1 is 1.25 bits per heavy atom. The Kier molecular flexibility index (Phi) is 4.50. The average molecular weight is 330 g/mol. The van der Waals surface area contributed by atoms with Gasteiger partial charge in [0.05, 0.1) is 12.8 Å². The summed E-state index contributed by atoms with van der Waals surface area (Å²) < 4.78 is 5.50. The zero-order valence-corrected chi connectivity index (χ0v) is 14.2. The molecule has 3 aliphatic heterocycles. The Balaban J connectivity index is 1.30. The van der Waals surface area contributed by atoms with Crippen LogP contribution in [0, 0.1) is 11.3 Å². The number of carbonyl (C=O) groups is 1. The van der Waals surface area contributed by atoms with E-state index < -0.39 is 0 Å². The van der Waals surface area contributed by atoms with Crippen molar-refractivity contribution >= 4 is 5.91 Å². The van der Waals surface area contributed by atoms with E-state index in [1.807, 2.05) is 4.90 Å². The minimum absolute atomic E-state index is 0.0240. The van der Waals surface area contributed by atoms with Crippen molar-refractivity contribution in [2.45, 2.75) is 25.7 Å². The van der Waals surface area contributed by atoms with E-state index in [1.54, 1.807) is 18.6 Å². The molecular weight excluding hydrogens is 304 g/mol. The SMILES string of the molecule is O=C(c1cnccn1)N1CCC2(CCN(CC3CCOC3)C2)CC1. The second kappa shape index (κ2) is 6.76. The maximum absolute atomic E-state index is 12.5. The Morgan fingerprint density at radius 2 is 2.08 bits per heavy atom. The summed E-state index contributed by atoms with van der Waals surface area (Å²) in [6, 6.07) is 0. The Labute approximate surface area is 143 Å². The van der Waals surface area contributed by atoms with E-state index in [4.69, 9.17) is 4.74 Å². The van der Waals surface area contributed by atoms with Crippen LogP contribution in [0.15, 0.2) is 18.6 Å². The lowest BCUT2D eigenvalue weighted by Gasteiger charge is -2.39. The lowest BCUT2D eigenvalue weighted by Crippen LogP contribution is -2.44. The first kappa shape index (κ1) is 16.0. The van der Waals surface area contributed by atoms with E-state index >= 15 is 0 Å². The number of hydrogen-bond donors (Lipinski definition) is 0. The zero-order valence-electron chi connectivity index (χ0n) is 14.2. The molecule has 6 nitrogen and oxygen atoms in total. The molecule has 1 unspecified atom stereocenters. The molecule has 6 heteroatoms. The summed E-state index contributed by atoms with van der Waals surface area (Å²) in [4.78, 5) is 25.2. The summed E-state index contributed by atoms with van der Waals surface area (Å²) in [5.74, 6) is 0.745. The molecular formula is C18H26N4O2.